The second kappa shape index (κ2) is 10.1. The van der Waals surface area contributed by atoms with Gasteiger partial charge in [-0.1, -0.05) is 41.0 Å². The summed E-state index contributed by atoms with van der Waals surface area (Å²) in [6.45, 7) is 1.44. The van der Waals surface area contributed by atoms with E-state index >= 15 is 0 Å². The second-order valence-electron chi connectivity index (χ2n) is 6.65. The Balaban J connectivity index is 1.58. The maximum absolute atomic E-state index is 12.6. The Kier molecular flexibility index (Phi) is 7.73. The Morgan fingerprint density at radius 3 is 2.37 bits per heavy atom. The molecule has 1 heterocycles. The standard InChI is InChI=1S/C20H21ClN2O4S3/c1-13(30(25,26)17-8-6-16(21)7-9-17)12-18(24)27-23-19(22)14-2-4-15(5-3-14)20-28-10-11-29-20/h2-9,13,20H,10-12H2,1H3,(H2,22,23). The van der Waals surface area contributed by atoms with Gasteiger partial charge in [0, 0.05) is 22.1 Å². The molecule has 160 valence electrons. The number of hydrogen-bond acceptors (Lipinski definition) is 7. The lowest BCUT2D eigenvalue weighted by molar-refractivity contribution is -0.143. The SMILES string of the molecule is CC(CC(=O)ON=C(N)c1ccc(C2SCCS2)cc1)S(=O)(=O)c1ccc(Cl)cc1. The van der Waals surface area contributed by atoms with Crippen LogP contribution in [0.1, 0.15) is 29.1 Å². The van der Waals surface area contributed by atoms with E-state index < -0.39 is 21.1 Å². The molecule has 0 saturated carbocycles. The van der Waals surface area contributed by atoms with Crippen molar-refractivity contribution in [2.24, 2.45) is 10.9 Å². The highest BCUT2D eigenvalue weighted by Gasteiger charge is 2.26. The predicted octanol–water partition coefficient (Wildman–Crippen LogP) is 4.23. The summed E-state index contributed by atoms with van der Waals surface area (Å²) in [7, 11) is -3.70. The quantitative estimate of drug-likeness (QED) is 0.271. The van der Waals surface area contributed by atoms with Crippen molar-refractivity contribution in [3.05, 3.63) is 64.7 Å². The third-order valence-electron chi connectivity index (χ3n) is 4.47. The average molecular weight is 485 g/mol. The molecule has 0 aromatic heterocycles. The van der Waals surface area contributed by atoms with Gasteiger partial charge < -0.3 is 10.6 Å². The monoisotopic (exact) mass is 484 g/mol. The molecule has 1 unspecified atom stereocenters. The molecule has 0 spiro atoms. The van der Waals surface area contributed by atoms with Crippen LogP contribution in [0.5, 0.6) is 0 Å². The summed E-state index contributed by atoms with van der Waals surface area (Å²) in [5.41, 5.74) is 7.73. The Morgan fingerprint density at radius 1 is 1.17 bits per heavy atom. The molecular weight excluding hydrogens is 464 g/mol. The predicted molar refractivity (Wildman–Crippen MR) is 124 cm³/mol. The summed E-state index contributed by atoms with van der Waals surface area (Å²) in [6, 6.07) is 13.4. The first-order valence-corrected chi connectivity index (χ1v) is 13.2. The highest BCUT2D eigenvalue weighted by Crippen LogP contribution is 2.45. The largest absolute Gasteiger partial charge is 0.380 e. The average Bonchev–Trinajstić information content (AvgIpc) is 3.27. The van der Waals surface area contributed by atoms with Crippen molar-refractivity contribution >= 4 is 56.8 Å². The number of sulfone groups is 1. The first-order chi connectivity index (χ1) is 14.3. The molecule has 1 atom stereocenters. The van der Waals surface area contributed by atoms with E-state index in [1.54, 1.807) is 0 Å². The maximum Gasteiger partial charge on any atom is 0.336 e. The highest BCUT2D eigenvalue weighted by atomic mass is 35.5. The number of nitrogens with zero attached hydrogens (tertiary/aromatic N) is 1. The van der Waals surface area contributed by atoms with Gasteiger partial charge in [0.25, 0.3) is 0 Å². The van der Waals surface area contributed by atoms with Crippen molar-refractivity contribution < 1.29 is 18.0 Å². The van der Waals surface area contributed by atoms with Crippen LogP contribution in [0.4, 0.5) is 0 Å². The van der Waals surface area contributed by atoms with Crippen LogP contribution in [0.25, 0.3) is 0 Å². The van der Waals surface area contributed by atoms with E-state index in [4.69, 9.17) is 22.2 Å². The van der Waals surface area contributed by atoms with E-state index in [1.807, 2.05) is 47.8 Å². The number of carbonyl (C=O) groups is 1. The number of benzene rings is 2. The zero-order chi connectivity index (χ0) is 21.7. The van der Waals surface area contributed by atoms with Crippen LogP contribution in [-0.2, 0) is 19.5 Å². The molecule has 2 aromatic carbocycles. The summed E-state index contributed by atoms with van der Waals surface area (Å²) >= 11 is 9.60. The molecular formula is C20H21ClN2O4S3. The summed E-state index contributed by atoms with van der Waals surface area (Å²) < 4.78 is 25.6. The van der Waals surface area contributed by atoms with Crippen LogP contribution < -0.4 is 5.73 Å². The molecule has 30 heavy (non-hydrogen) atoms. The number of hydrogen-bond donors (Lipinski definition) is 1. The molecule has 0 bridgehead atoms. The van der Waals surface area contributed by atoms with Gasteiger partial charge in [0.15, 0.2) is 15.7 Å². The number of amidine groups is 1. The van der Waals surface area contributed by atoms with Gasteiger partial charge in [-0.2, -0.15) is 0 Å². The van der Waals surface area contributed by atoms with E-state index in [0.29, 0.717) is 15.2 Å². The summed E-state index contributed by atoms with van der Waals surface area (Å²) in [5, 5.41) is 3.11. The van der Waals surface area contributed by atoms with Crippen molar-refractivity contribution in [2.45, 2.75) is 28.1 Å². The van der Waals surface area contributed by atoms with Gasteiger partial charge in [-0.05, 0) is 36.8 Å². The number of carbonyl (C=O) groups excluding carboxylic acids is 1. The van der Waals surface area contributed by atoms with Gasteiger partial charge in [0.2, 0.25) is 0 Å². The van der Waals surface area contributed by atoms with E-state index in [0.717, 1.165) is 11.5 Å². The number of rotatable bonds is 7. The minimum absolute atomic E-state index is 0.0508. The lowest BCUT2D eigenvalue weighted by atomic mass is 10.1. The Bertz CT molecular complexity index is 1020. The van der Waals surface area contributed by atoms with Gasteiger partial charge in [0.05, 0.1) is 21.1 Å². The van der Waals surface area contributed by atoms with Crippen LogP contribution in [-0.4, -0.2) is 37.0 Å². The number of thioether (sulfide) groups is 2. The molecule has 0 amide bonds. The third kappa shape index (κ3) is 5.72. The fourth-order valence-corrected chi connectivity index (χ4v) is 7.07. The van der Waals surface area contributed by atoms with Crippen LogP contribution in [0, 0.1) is 0 Å². The van der Waals surface area contributed by atoms with E-state index in [9.17, 15) is 13.2 Å². The molecule has 1 aliphatic heterocycles. The van der Waals surface area contributed by atoms with E-state index in [1.165, 1.54) is 36.8 Å². The number of nitrogens with two attached hydrogens (primary N) is 1. The Hall–Kier alpha value is -1.68. The first-order valence-electron chi connectivity index (χ1n) is 9.13. The second-order valence-corrected chi connectivity index (χ2v) is 12.2. The van der Waals surface area contributed by atoms with Gasteiger partial charge >= 0.3 is 5.97 Å². The molecule has 1 fully saturated rings. The fraction of sp³-hybridized carbons (Fsp3) is 0.300. The minimum Gasteiger partial charge on any atom is -0.380 e. The topological polar surface area (TPSA) is 98.8 Å². The van der Waals surface area contributed by atoms with E-state index in [-0.39, 0.29) is 17.2 Å². The molecule has 1 aliphatic rings. The molecule has 0 aliphatic carbocycles. The van der Waals surface area contributed by atoms with Gasteiger partial charge in [-0.15, -0.1) is 23.5 Å². The van der Waals surface area contributed by atoms with Crippen molar-refractivity contribution in [1.29, 1.82) is 0 Å². The van der Waals surface area contributed by atoms with Gasteiger partial charge in [-0.25, -0.2) is 13.2 Å². The van der Waals surface area contributed by atoms with Crippen molar-refractivity contribution in [3.63, 3.8) is 0 Å². The normalized spacial score (nSPS) is 16.4. The van der Waals surface area contributed by atoms with Gasteiger partial charge in [0.1, 0.15) is 0 Å². The van der Waals surface area contributed by atoms with Crippen LogP contribution >= 0.6 is 35.1 Å². The molecule has 10 heteroatoms. The maximum atomic E-state index is 12.6. The van der Waals surface area contributed by atoms with E-state index in [2.05, 4.69) is 5.16 Å². The lowest BCUT2D eigenvalue weighted by Gasteiger charge is -2.11. The number of halogens is 1. The third-order valence-corrected chi connectivity index (χ3v) is 9.98. The molecule has 2 N–H and O–H groups in total. The fourth-order valence-electron chi connectivity index (χ4n) is 2.75. The summed E-state index contributed by atoms with van der Waals surface area (Å²) in [6.07, 6.45) is -0.350. The van der Waals surface area contributed by atoms with Crippen LogP contribution in [0.15, 0.2) is 58.6 Å². The first kappa shape index (κ1) is 23.0. The minimum atomic E-state index is -3.70. The molecule has 1 saturated heterocycles. The smallest absolute Gasteiger partial charge is 0.336 e. The van der Waals surface area contributed by atoms with Crippen LogP contribution in [0.2, 0.25) is 5.02 Å². The van der Waals surface area contributed by atoms with Gasteiger partial charge in [-0.3, -0.25) is 0 Å². The Labute approximate surface area is 189 Å². The highest BCUT2D eigenvalue weighted by molar-refractivity contribution is 8.19. The Morgan fingerprint density at radius 2 is 1.77 bits per heavy atom. The van der Waals surface area contributed by atoms with Crippen molar-refractivity contribution in [3.8, 4) is 0 Å². The lowest BCUT2D eigenvalue weighted by Crippen LogP contribution is -2.23. The zero-order valence-corrected chi connectivity index (χ0v) is 19.4. The van der Waals surface area contributed by atoms with Crippen LogP contribution in [0.3, 0.4) is 0 Å². The summed E-state index contributed by atoms with van der Waals surface area (Å²) in [4.78, 5) is 17.0. The van der Waals surface area contributed by atoms with Crippen molar-refractivity contribution in [2.75, 3.05) is 11.5 Å². The molecule has 2 aromatic rings. The number of oxime groups is 1. The molecule has 3 rings (SSSR count). The van der Waals surface area contributed by atoms with Crippen molar-refractivity contribution in [1.82, 2.24) is 0 Å². The zero-order valence-electron chi connectivity index (χ0n) is 16.2. The molecule has 0 radical (unpaired) electrons. The molecule has 6 nitrogen and oxygen atoms in total. The summed E-state index contributed by atoms with van der Waals surface area (Å²) in [5.74, 6) is 1.55.